The molecule has 1 aliphatic heterocycles. The number of halogens is 1. The lowest BCUT2D eigenvalue weighted by molar-refractivity contribution is -0.125. The molecule has 1 amide bonds. The smallest absolute Gasteiger partial charge is 0.244 e. The predicted octanol–water partition coefficient (Wildman–Crippen LogP) is 4.57. The van der Waals surface area contributed by atoms with E-state index in [9.17, 15) is 4.79 Å². The number of benzene rings is 1. The molecule has 2 aliphatic rings. The van der Waals surface area contributed by atoms with Crippen LogP contribution in [0.5, 0.6) is 0 Å². The van der Waals surface area contributed by atoms with Crippen LogP contribution in [0.25, 0.3) is 22.3 Å². The molecule has 3 aromatic rings. The lowest BCUT2D eigenvalue weighted by atomic mass is 9.76. The summed E-state index contributed by atoms with van der Waals surface area (Å²) in [5, 5.41) is 9.07. The van der Waals surface area contributed by atoms with Crippen molar-refractivity contribution in [2.75, 3.05) is 38.3 Å². The summed E-state index contributed by atoms with van der Waals surface area (Å²) in [6.07, 6.45) is 4.05. The minimum atomic E-state index is -0.117. The van der Waals surface area contributed by atoms with Crippen LogP contribution in [0, 0.1) is 5.41 Å². The molecule has 1 fully saturated rings. The number of rotatable bonds is 5. The van der Waals surface area contributed by atoms with Crippen LogP contribution in [0.3, 0.4) is 0 Å². The number of morpholine rings is 1. The standard InChI is InChI=1S/C26H35N5O2.ClH/c1-5-23(31-10-12-33-13-11-31)25(32)30(4)18-7-6-17-14-21(27-20(17)15-18)24-19-8-9-26(2,3)16-22(19)28-29-24;/h6-7,14-15,23,27H,5,8-13,16H2,1-4H3,(H,28,29);1H/t23-;/m0./s1. The largest absolute Gasteiger partial charge is 0.379 e. The van der Waals surface area contributed by atoms with Crippen molar-refractivity contribution in [1.82, 2.24) is 20.1 Å². The second-order valence-electron chi connectivity index (χ2n) is 10.3. The molecule has 1 aliphatic carbocycles. The molecule has 1 aromatic carbocycles. The van der Waals surface area contributed by atoms with Gasteiger partial charge in [0, 0.05) is 48.0 Å². The number of hydrogen-bond donors (Lipinski definition) is 2. The van der Waals surface area contributed by atoms with Gasteiger partial charge in [0.25, 0.3) is 0 Å². The molecule has 7 nitrogen and oxygen atoms in total. The maximum atomic E-state index is 13.3. The van der Waals surface area contributed by atoms with Crippen molar-refractivity contribution in [1.29, 1.82) is 0 Å². The Morgan fingerprint density at radius 2 is 2.03 bits per heavy atom. The Labute approximate surface area is 207 Å². The van der Waals surface area contributed by atoms with Crippen LogP contribution in [-0.4, -0.2) is 65.4 Å². The van der Waals surface area contributed by atoms with E-state index in [0.29, 0.717) is 18.6 Å². The first-order valence-corrected chi connectivity index (χ1v) is 12.1. The summed E-state index contributed by atoms with van der Waals surface area (Å²) < 4.78 is 5.47. The highest BCUT2D eigenvalue weighted by Crippen LogP contribution is 2.38. The van der Waals surface area contributed by atoms with Gasteiger partial charge in [0.2, 0.25) is 5.91 Å². The van der Waals surface area contributed by atoms with Crippen molar-refractivity contribution in [3.8, 4) is 11.4 Å². The molecule has 1 atom stereocenters. The van der Waals surface area contributed by atoms with Crippen molar-refractivity contribution in [2.24, 2.45) is 5.41 Å². The van der Waals surface area contributed by atoms with E-state index < -0.39 is 0 Å². The van der Waals surface area contributed by atoms with Crippen molar-refractivity contribution in [2.45, 2.75) is 52.5 Å². The number of likely N-dealkylation sites (N-methyl/N-ethyl adjacent to an activating group) is 1. The molecule has 2 aromatic heterocycles. The van der Waals surface area contributed by atoms with E-state index in [1.165, 1.54) is 17.7 Å². The molecule has 184 valence electrons. The molecule has 8 heteroatoms. The number of ether oxygens (including phenoxy) is 1. The molecule has 3 heterocycles. The van der Waals surface area contributed by atoms with E-state index in [1.54, 1.807) is 4.90 Å². The monoisotopic (exact) mass is 485 g/mol. The third-order valence-corrected chi connectivity index (χ3v) is 7.40. The molecular formula is C26H36ClN5O2. The minimum Gasteiger partial charge on any atom is -0.379 e. The lowest BCUT2D eigenvalue weighted by Crippen LogP contribution is -2.51. The van der Waals surface area contributed by atoms with Crippen LogP contribution in [0.15, 0.2) is 24.3 Å². The van der Waals surface area contributed by atoms with Crippen LogP contribution in [-0.2, 0) is 22.4 Å². The average molecular weight is 486 g/mol. The van der Waals surface area contributed by atoms with E-state index in [0.717, 1.165) is 60.3 Å². The maximum Gasteiger partial charge on any atom is 0.244 e. The number of amides is 1. The number of fused-ring (bicyclic) bond motifs is 2. The highest BCUT2D eigenvalue weighted by molar-refractivity contribution is 5.99. The fourth-order valence-electron chi connectivity index (χ4n) is 5.35. The number of anilines is 1. The lowest BCUT2D eigenvalue weighted by Gasteiger charge is -2.35. The molecule has 0 bridgehead atoms. The van der Waals surface area contributed by atoms with Gasteiger partial charge in [-0.3, -0.25) is 14.8 Å². The fourth-order valence-corrected chi connectivity index (χ4v) is 5.35. The van der Waals surface area contributed by atoms with E-state index in [-0.39, 0.29) is 24.4 Å². The topological polar surface area (TPSA) is 77.2 Å². The number of H-pyrrole nitrogens is 2. The summed E-state index contributed by atoms with van der Waals surface area (Å²) in [6, 6.07) is 8.25. The highest BCUT2D eigenvalue weighted by Gasteiger charge is 2.30. The first-order valence-electron chi connectivity index (χ1n) is 12.1. The van der Waals surface area contributed by atoms with Crippen molar-refractivity contribution >= 4 is 34.9 Å². The Bertz CT molecular complexity index is 1160. The Hall–Kier alpha value is -2.35. The normalized spacial score (nSPS) is 18.8. The molecule has 0 unspecified atom stereocenters. The number of carbonyl (C=O) groups excluding carboxylic acids is 1. The Balaban J connectivity index is 0.00000274. The number of hydrogen-bond acceptors (Lipinski definition) is 4. The zero-order valence-electron chi connectivity index (χ0n) is 20.6. The van der Waals surface area contributed by atoms with Gasteiger partial charge in [0.15, 0.2) is 0 Å². The second kappa shape index (κ2) is 9.72. The molecule has 0 radical (unpaired) electrons. The van der Waals surface area contributed by atoms with Crippen LogP contribution in [0.1, 0.15) is 44.9 Å². The van der Waals surface area contributed by atoms with Crippen molar-refractivity contribution in [3.63, 3.8) is 0 Å². The van der Waals surface area contributed by atoms with Gasteiger partial charge in [-0.1, -0.05) is 26.8 Å². The van der Waals surface area contributed by atoms with E-state index in [1.807, 2.05) is 13.1 Å². The highest BCUT2D eigenvalue weighted by atomic mass is 35.5. The van der Waals surface area contributed by atoms with Gasteiger partial charge in [-0.2, -0.15) is 5.10 Å². The summed E-state index contributed by atoms with van der Waals surface area (Å²) >= 11 is 0. The number of carbonyl (C=O) groups is 1. The van der Waals surface area contributed by atoms with Gasteiger partial charge in [0.1, 0.15) is 5.69 Å². The van der Waals surface area contributed by atoms with Crippen LogP contribution in [0.2, 0.25) is 0 Å². The molecule has 2 N–H and O–H groups in total. The van der Waals surface area contributed by atoms with Gasteiger partial charge in [-0.15, -0.1) is 12.4 Å². The third kappa shape index (κ3) is 4.61. The summed E-state index contributed by atoms with van der Waals surface area (Å²) in [7, 11) is 1.88. The maximum absolute atomic E-state index is 13.3. The first-order chi connectivity index (χ1) is 15.9. The van der Waals surface area contributed by atoms with Gasteiger partial charge < -0.3 is 14.6 Å². The summed E-state index contributed by atoms with van der Waals surface area (Å²) in [5.74, 6) is 0.134. The zero-order valence-corrected chi connectivity index (χ0v) is 21.4. The van der Waals surface area contributed by atoms with E-state index >= 15 is 0 Å². The molecule has 0 spiro atoms. The zero-order chi connectivity index (χ0) is 23.2. The quantitative estimate of drug-likeness (QED) is 0.555. The average Bonchev–Trinajstić information content (AvgIpc) is 3.41. The van der Waals surface area contributed by atoms with Crippen LogP contribution in [0.4, 0.5) is 5.69 Å². The van der Waals surface area contributed by atoms with Crippen LogP contribution < -0.4 is 4.90 Å². The van der Waals surface area contributed by atoms with Crippen molar-refractivity contribution < 1.29 is 9.53 Å². The SMILES string of the molecule is CC[C@@H](C(=O)N(C)c1ccc2cc(-c3n[nH]c4c3CCC(C)(C)C4)[nH]c2c1)N1CCOCC1.Cl. The van der Waals surface area contributed by atoms with E-state index in [4.69, 9.17) is 4.74 Å². The summed E-state index contributed by atoms with van der Waals surface area (Å²) in [6.45, 7) is 9.72. The molecule has 34 heavy (non-hydrogen) atoms. The summed E-state index contributed by atoms with van der Waals surface area (Å²) in [4.78, 5) is 20.9. The Kier molecular flexibility index (Phi) is 7.08. The molecule has 1 saturated heterocycles. The minimum absolute atomic E-state index is 0. The van der Waals surface area contributed by atoms with Gasteiger partial charge in [-0.25, -0.2) is 0 Å². The van der Waals surface area contributed by atoms with Gasteiger partial charge in [0.05, 0.1) is 24.9 Å². The fraction of sp³-hybridized carbons (Fsp3) is 0.538. The first kappa shape index (κ1) is 24.8. The second-order valence-corrected chi connectivity index (χ2v) is 10.3. The number of nitrogens with zero attached hydrogens (tertiary/aromatic N) is 3. The van der Waals surface area contributed by atoms with Gasteiger partial charge in [-0.05, 0) is 49.3 Å². The third-order valence-electron chi connectivity index (χ3n) is 7.40. The van der Waals surface area contributed by atoms with E-state index in [2.05, 4.69) is 59.1 Å². The predicted molar refractivity (Wildman–Crippen MR) is 139 cm³/mol. The summed E-state index contributed by atoms with van der Waals surface area (Å²) in [5.41, 5.74) is 6.91. The van der Waals surface area contributed by atoms with Gasteiger partial charge >= 0.3 is 0 Å². The van der Waals surface area contributed by atoms with Crippen molar-refractivity contribution in [3.05, 3.63) is 35.5 Å². The number of nitrogens with one attached hydrogen (secondary N) is 2. The molecule has 0 saturated carbocycles. The van der Waals surface area contributed by atoms with Crippen LogP contribution >= 0.6 is 12.4 Å². The molecular weight excluding hydrogens is 450 g/mol. The number of aromatic nitrogens is 3. The Morgan fingerprint density at radius 1 is 1.26 bits per heavy atom. The Morgan fingerprint density at radius 3 is 2.76 bits per heavy atom. The number of aromatic amines is 2. The molecule has 5 rings (SSSR count).